The molecule has 1 aromatic carbocycles. The minimum absolute atomic E-state index is 0.0300. The number of ketones is 1. The maximum absolute atomic E-state index is 13.1. The average Bonchev–Trinajstić information content (AvgIpc) is 3.16. The number of fused-ring (bicyclic) bond motifs is 1. The van der Waals surface area contributed by atoms with Crippen LogP contribution in [-0.4, -0.2) is 27.2 Å². The predicted molar refractivity (Wildman–Crippen MR) is 93.1 cm³/mol. The van der Waals surface area contributed by atoms with Gasteiger partial charge in [0.25, 0.3) is 0 Å². The SMILES string of the molecule is CC(=O)c1nc2n(n1)C(c1ccccc1)CC2CF.CCCCC. The van der Waals surface area contributed by atoms with Crippen LogP contribution in [0, 0.1) is 0 Å². The Morgan fingerprint density at radius 3 is 2.42 bits per heavy atom. The van der Waals surface area contributed by atoms with E-state index in [1.54, 1.807) is 4.68 Å². The van der Waals surface area contributed by atoms with Crippen LogP contribution in [0.5, 0.6) is 0 Å². The van der Waals surface area contributed by atoms with Gasteiger partial charge in [0.05, 0.1) is 12.7 Å². The molecule has 0 spiro atoms. The summed E-state index contributed by atoms with van der Waals surface area (Å²) in [6.07, 6.45) is 4.72. The summed E-state index contributed by atoms with van der Waals surface area (Å²) in [5.74, 6) is 0.299. The summed E-state index contributed by atoms with van der Waals surface area (Å²) < 4.78 is 14.8. The van der Waals surface area contributed by atoms with Gasteiger partial charge in [-0.15, -0.1) is 5.10 Å². The fourth-order valence-corrected chi connectivity index (χ4v) is 2.90. The second-order valence-corrected chi connectivity index (χ2v) is 6.16. The molecule has 2 heterocycles. The fraction of sp³-hybridized carbons (Fsp3) is 0.526. The van der Waals surface area contributed by atoms with Crippen molar-refractivity contribution in [3.8, 4) is 0 Å². The van der Waals surface area contributed by atoms with Crippen molar-refractivity contribution in [2.24, 2.45) is 0 Å². The molecule has 2 atom stereocenters. The van der Waals surface area contributed by atoms with Crippen LogP contribution in [0.15, 0.2) is 30.3 Å². The normalized spacial score (nSPS) is 18.7. The highest BCUT2D eigenvalue weighted by Crippen LogP contribution is 2.38. The standard InChI is InChI=1S/C14H14FN3O.C5H12/c1-9(19)13-16-14-11(8-15)7-12(18(14)17-13)10-5-3-2-4-6-10;1-3-5-4-2/h2-6,11-12H,7-8H2,1H3;3-5H2,1-2H3. The first kappa shape index (κ1) is 18.3. The molecule has 1 aromatic heterocycles. The molecule has 0 fully saturated rings. The Balaban J connectivity index is 0.000000368. The van der Waals surface area contributed by atoms with Gasteiger partial charge in [-0.05, 0) is 12.0 Å². The summed E-state index contributed by atoms with van der Waals surface area (Å²) >= 11 is 0. The van der Waals surface area contributed by atoms with Crippen LogP contribution >= 0.6 is 0 Å². The molecular formula is C19H26FN3O. The molecule has 0 bridgehead atoms. The largest absolute Gasteiger partial charge is 0.291 e. The molecule has 0 aliphatic carbocycles. The summed E-state index contributed by atoms with van der Waals surface area (Å²) in [5, 5.41) is 4.24. The quantitative estimate of drug-likeness (QED) is 0.745. The van der Waals surface area contributed by atoms with Crippen LogP contribution < -0.4 is 0 Å². The minimum Gasteiger partial charge on any atom is -0.291 e. The lowest BCUT2D eigenvalue weighted by molar-refractivity contribution is 0.100. The molecule has 3 rings (SSSR count). The molecule has 0 amide bonds. The number of rotatable bonds is 5. The second-order valence-electron chi connectivity index (χ2n) is 6.16. The average molecular weight is 331 g/mol. The lowest BCUT2D eigenvalue weighted by Crippen LogP contribution is -2.08. The van der Waals surface area contributed by atoms with E-state index in [1.165, 1.54) is 26.2 Å². The van der Waals surface area contributed by atoms with Gasteiger partial charge < -0.3 is 0 Å². The van der Waals surface area contributed by atoms with Crippen molar-refractivity contribution in [2.45, 2.75) is 58.4 Å². The van der Waals surface area contributed by atoms with Gasteiger partial charge in [0.15, 0.2) is 5.78 Å². The van der Waals surface area contributed by atoms with Crippen molar-refractivity contribution in [3.63, 3.8) is 0 Å². The van der Waals surface area contributed by atoms with Gasteiger partial charge >= 0.3 is 0 Å². The van der Waals surface area contributed by atoms with Crippen LogP contribution in [-0.2, 0) is 0 Å². The molecule has 1 aliphatic rings. The third-order valence-corrected chi connectivity index (χ3v) is 4.22. The fourth-order valence-electron chi connectivity index (χ4n) is 2.90. The maximum Gasteiger partial charge on any atom is 0.217 e. The Bertz CT molecular complexity index is 652. The first-order chi connectivity index (χ1) is 11.6. The van der Waals surface area contributed by atoms with Crippen molar-refractivity contribution in [3.05, 3.63) is 47.5 Å². The van der Waals surface area contributed by atoms with Crippen molar-refractivity contribution in [2.75, 3.05) is 6.67 Å². The zero-order chi connectivity index (χ0) is 17.5. The highest BCUT2D eigenvalue weighted by atomic mass is 19.1. The van der Waals surface area contributed by atoms with Crippen molar-refractivity contribution < 1.29 is 9.18 Å². The van der Waals surface area contributed by atoms with E-state index in [9.17, 15) is 9.18 Å². The van der Waals surface area contributed by atoms with Gasteiger partial charge in [0, 0.05) is 12.8 Å². The summed E-state index contributed by atoms with van der Waals surface area (Å²) in [5.41, 5.74) is 1.07. The van der Waals surface area contributed by atoms with E-state index in [2.05, 4.69) is 23.9 Å². The number of halogens is 1. The summed E-state index contributed by atoms with van der Waals surface area (Å²) in [6.45, 7) is 5.37. The number of hydrogen-bond donors (Lipinski definition) is 0. The first-order valence-corrected chi connectivity index (χ1v) is 8.70. The van der Waals surface area contributed by atoms with Gasteiger partial charge in [-0.3, -0.25) is 9.18 Å². The Morgan fingerprint density at radius 2 is 1.92 bits per heavy atom. The van der Waals surface area contributed by atoms with Crippen molar-refractivity contribution >= 4 is 5.78 Å². The van der Waals surface area contributed by atoms with E-state index in [0.717, 1.165) is 5.56 Å². The van der Waals surface area contributed by atoms with Crippen LogP contribution in [0.1, 0.15) is 80.4 Å². The zero-order valence-corrected chi connectivity index (χ0v) is 14.7. The van der Waals surface area contributed by atoms with E-state index in [-0.39, 0.29) is 23.6 Å². The topological polar surface area (TPSA) is 47.8 Å². The second kappa shape index (κ2) is 8.71. The third kappa shape index (κ3) is 4.08. The molecule has 0 saturated heterocycles. The van der Waals surface area contributed by atoms with Gasteiger partial charge in [0.1, 0.15) is 5.82 Å². The molecule has 0 N–H and O–H groups in total. The Hall–Kier alpha value is -2.04. The van der Waals surface area contributed by atoms with E-state index >= 15 is 0 Å². The van der Waals surface area contributed by atoms with Crippen LogP contribution in [0.25, 0.3) is 0 Å². The number of aromatic nitrogens is 3. The number of unbranched alkanes of at least 4 members (excludes halogenated alkanes) is 2. The molecule has 4 nitrogen and oxygen atoms in total. The van der Waals surface area contributed by atoms with E-state index < -0.39 is 6.67 Å². The predicted octanol–water partition coefficient (Wildman–Crippen LogP) is 4.72. The summed E-state index contributed by atoms with van der Waals surface area (Å²) in [6, 6.07) is 9.78. The zero-order valence-electron chi connectivity index (χ0n) is 14.7. The number of hydrogen-bond acceptors (Lipinski definition) is 3. The molecule has 0 saturated carbocycles. The molecule has 24 heavy (non-hydrogen) atoms. The van der Waals surface area contributed by atoms with Gasteiger partial charge in [-0.2, -0.15) is 0 Å². The van der Waals surface area contributed by atoms with E-state index in [0.29, 0.717) is 12.2 Å². The molecule has 2 aromatic rings. The van der Waals surface area contributed by atoms with Gasteiger partial charge in [-0.25, -0.2) is 9.67 Å². The van der Waals surface area contributed by atoms with Crippen molar-refractivity contribution in [1.82, 2.24) is 14.8 Å². The Labute approximate surface area is 143 Å². The number of carbonyl (C=O) groups is 1. The smallest absolute Gasteiger partial charge is 0.217 e. The molecule has 5 heteroatoms. The molecule has 130 valence electrons. The van der Waals surface area contributed by atoms with Gasteiger partial charge in [0.2, 0.25) is 5.82 Å². The molecule has 1 aliphatic heterocycles. The van der Waals surface area contributed by atoms with Crippen LogP contribution in [0.3, 0.4) is 0 Å². The number of benzene rings is 1. The lowest BCUT2D eigenvalue weighted by Gasteiger charge is -2.11. The highest BCUT2D eigenvalue weighted by Gasteiger charge is 2.35. The minimum atomic E-state index is -0.473. The third-order valence-electron chi connectivity index (χ3n) is 4.22. The molecule has 2 unspecified atom stereocenters. The number of Topliss-reactive ketones (excluding diaryl/α,β-unsaturated/α-hetero) is 1. The Morgan fingerprint density at radius 1 is 1.25 bits per heavy atom. The lowest BCUT2D eigenvalue weighted by atomic mass is 10.00. The monoisotopic (exact) mass is 331 g/mol. The van der Waals surface area contributed by atoms with E-state index in [4.69, 9.17) is 0 Å². The van der Waals surface area contributed by atoms with Crippen LogP contribution in [0.2, 0.25) is 0 Å². The molecular weight excluding hydrogens is 305 g/mol. The maximum atomic E-state index is 13.1. The number of carbonyl (C=O) groups excluding carboxylic acids is 1. The number of nitrogens with zero attached hydrogens (tertiary/aromatic N) is 3. The first-order valence-electron chi connectivity index (χ1n) is 8.70. The Kier molecular flexibility index (Phi) is 6.64. The number of alkyl halides is 1. The summed E-state index contributed by atoms with van der Waals surface area (Å²) in [4.78, 5) is 15.5. The van der Waals surface area contributed by atoms with E-state index in [1.807, 2.05) is 30.3 Å². The summed E-state index contributed by atoms with van der Waals surface area (Å²) in [7, 11) is 0. The highest BCUT2D eigenvalue weighted by molar-refractivity contribution is 5.90. The van der Waals surface area contributed by atoms with Crippen LogP contribution in [0.4, 0.5) is 4.39 Å². The van der Waals surface area contributed by atoms with Gasteiger partial charge in [-0.1, -0.05) is 63.4 Å². The van der Waals surface area contributed by atoms with Crippen molar-refractivity contribution in [1.29, 1.82) is 0 Å². The molecule has 0 radical (unpaired) electrons.